The molecule has 0 saturated carbocycles. The van der Waals surface area contributed by atoms with E-state index < -0.39 is 5.91 Å². The lowest BCUT2D eigenvalue weighted by Crippen LogP contribution is -2.23. The number of aromatic nitrogens is 3. The number of carbonyl (C=O) groups is 1. The Morgan fingerprint density at radius 3 is 2.66 bits per heavy atom. The molecule has 0 aliphatic carbocycles. The second kappa shape index (κ2) is 8.04. The van der Waals surface area contributed by atoms with E-state index in [0.29, 0.717) is 23.9 Å². The Bertz CT molecular complexity index is 1240. The topological polar surface area (TPSA) is 97.1 Å². The van der Waals surface area contributed by atoms with E-state index in [9.17, 15) is 9.59 Å². The number of nitrogens with one attached hydrogen (secondary N) is 1. The first-order valence-electron chi connectivity index (χ1n) is 9.09. The standard InChI is InChI=1S/C22H18N4O3/c27-21(25-29)18-4-5-20-19(13-18)22(28)26(14-24-20)11-8-15-2-1-3-17(12-15)16-6-9-23-10-7-16/h1-7,9-10,12-14,29H,8,11H2,(H,25,27). The van der Waals surface area contributed by atoms with Gasteiger partial charge in [-0.25, -0.2) is 10.5 Å². The number of nitrogens with zero attached hydrogens (tertiary/aromatic N) is 3. The van der Waals surface area contributed by atoms with Crippen molar-refractivity contribution in [3.8, 4) is 11.1 Å². The molecule has 0 aliphatic heterocycles. The third-order valence-corrected chi connectivity index (χ3v) is 4.77. The van der Waals surface area contributed by atoms with Gasteiger partial charge >= 0.3 is 0 Å². The number of rotatable bonds is 5. The zero-order valence-electron chi connectivity index (χ0n) is 15.4. The Morgan fingerprint density at radius 2 is 1.86 bits per heavy atom. The van der Waals surface area contributed by atoms with Crippen molar-refractivity contribution in [3.63, 3.8) is 0 Å². The molecule has 7 nitrogen and oxygen atoms in total. The maximum Gasteiger partial charge on any atom is 0.274 e. The molecule has 0 aliphatic rings. The van der Waals surface area contributed by atoms with Crippen LogP contribution in [0.2, 0.25) is 0 Å². The maximum absolute atomic E-state index is 12.8. The highest BCUT2D eigenvalue weighted by atomic mass is 16.5. The van der Waals surface area contributed by atoms with Crippen LogP contribution in [0.15, 0.2) is 78.1 Å². The Hall–Kier alpha value is -3.84. The van der Waals surface area contributed by atoms with Crippen LogP contribution in [0.25, 0.3) is 22.0 Å². The van der Waals surface area contributed by atoms with E-state index >= 15 is 0 Å². The zero-order valence-corrected chi connectivity index (χ0v) is 15.4. The third kappa shape index (κ3) is 3.90. The summed E-state index contributed by atoms with van der Waals surface area (Å²) in [5.74, 6) is -0.672. The van der Waals surface area contributed by atoms with Crippen LogP contribution in [0.1, 0.15) is 15.9 Å². The van der Waals surface area contributed by atoms with Gasteiger partial charge in [0, 0.05) is 24.5 Å². The van der Waals surface area contributed by atoms with Crippen LogP contribution in [-0.4, -0.2) is 25.6 Å². The fourth-order valence-corrected chi connectivity index (χ4v) is 3.22. The van der Waals surface area contributed by atoms with Crippen molar-refractivity contribution in [2.24, 2.45) is 0 Å². The number of hydrogen-bond acceptors (Lipinski definition) is 5. The Balaban J connectivity index is 1.59. The molecular weight excluding hydrogens is 368 g/mol. The molecule has 4 rings (SSSR count). The van der Waals surface area contributed by atoms with Crippen LogP contribution in [0, 0.1) is 0 Å². The van der Waals surface area contributed by atoms with Crippen molar-refractivity contribution in [3.05, 3.63) is 94.8 Å². The number of amides is 1. The van der Waals surface area contributed by atoms with Crippen LogP contribution in [0.3, 0.4) is 0 Å². The van der Waals surface area contributed by atoms with Gasteiger partial charge in [0.1, 0.15) is 0 Å². The van der Waals surface area contributed by atoms with Gasteiger partial charge < -0.3 is 0 Å². The zero-order chi connectivity index (χ0) is 20.2. The summed E-state index contributed by atoms with van der Waals surface area (Å²) in [5.41, 5.74) is 5.31. The predicted octanol–water partition coefficient (Wildman–Crippen LogP) is 2.82. The van der Waals surface area contributed by atoms with Crippen LogP contribution >= 0.6 is 0 Å². The van der Waals surface area contributed by atoms with E-state index in [-0.39, 0.29) is 11.1 Å². The minimum absolute atomic E-state index is 0.196. The lowest BCUT2D eigenvalue weighted by molar-refractivity contribution is 0.0706. The molecule has 7 heteroatoms. The van der Waals surface area contributed by atoms with E-state index in [1.807, 2.05) is 30.3 Å². The van der Waals surface area contributed by atoms with Gasteiger partial charge in [0.05, 0.1) is 17.2 Å². The molecule has 0 atom stereocenters. The van der Waals surface area contributed by atoms with Crippen LogP contribution in [0.4, 0.5) is 0 Å². The average Bonchev–Trinajstić information content (AvgIpc) is 2.79. The van der Waals surface area contributed by atoms with Gasteiger partial charge in [-0.3, -0.25) is 24.3 Å². The van der Waals surface area contributed by atoms with Gasteiger partial charge in [-0.1, -0.05) is 24.3 Å². The summed E-state index contributed by atoms with van der Waals surface area (Å²) in [5, 5.41) is 9.13. The first-order chi connectivity index (χ1) is 14.2. The van der Waals surface area contributed by atoms with Gasteiger partial charge in [0.2, 0.25) is 0 Å². The second-order valence-electron chi connectivity index (χ2n) is 6.60. The normalized spacial score (nSPS) is 10.8. The highest BCUT2D eigenvalue weighted by Gasteiger charge is 2.10. The molecule has 1 amide bonds. The Labute approximate surface area is 166 Å². The van der Waals surface area contributed by atoms with Gasteiger partial charge in [-0.2, -0.15) is 0 Å². The van der Waals surface area contributed by atoms with Crippen molar-refractivity contribution in [1.29, 1.82) is 0 Å². The van der Waals surface area contributed by atoms with E-state index in [4.69, 9.17) is 5.21 Å². The first-order valence-corrected chi connectivity index (χ1v) is 9.09. The third-order valence-electron chi connectivity index (χ3n) is 4.77. The quantitative estimate of drug-likeness (QED) is 0.406. The summed E-state index contributed by atoms with van der Waals surface area (Å²) >= 11 is 0. The van der Waals surface area contributed by atoms with E-state index in [1.54, 1.807) is 23.9 Å². The predicted molar refractivity (Wildman–Crippen MR) is 109 cm³/mol. The molecule has 2 heterocycles. The van der Waals surface area contributed by atoms with Gasteiger partial charge in [0.25, 0.3) is 11.5 Å². The summed E-state index contributed by atoms with van der Waals surface area (Å²) in [6.07, 6.45) is 5.69. The summed E-state index contributed by atoms with van der Waals surface area (Å²) < 4.78 is 1.53. The van der Waals surface area contributed by atoms with Crippen molar-refractivity contribution < 1.29 is 10.0 Å². The molecule has 4 aromatic rings. The molecule has 29 heavy (non-hydrogen) atoms. The van der Waals surface area contributed by atoms with Gasteiger partial charge in [0.15, 0.2) is 0 Å². The summed E-state index contributed by atoms with van der Waals surface area (Å²) in [6.45, 7) is 0.456. The molecule has 2 N–H and O–H groups in total. The molecule has 2 aromatic heterocycles. The molecule has 0 fully saturated rings. The monoisotopic (exact) mass is 386 g/mol. The number of hydrogen-bond donors (Lipinski definition) is 2. The number of aryl methyl sites for hydroxylation is 2. The molecule has 0 radical (unpaired) electrons. The number of pyridine rings is 1. The fourth-order valence-electron chi connectivity index (χ4n) is 3.22. The van der Waals surface area contributed by atoms with Crippen molar-refractivity contribution >= 4 is 16.8 Å². The average molecular weight is 386 g/mol. The number of carbonyl (C=O) groups excluding carboxylic acids is 1. The largest absolute Gasteiger partial charge is 0.298 e. The smallest absolute Gasteiger partial charge is 0.274 e. The molecule has 144 valence electrons. The van der Waals surface area contributed by atoms with Gasteiger partial charge in [-0.05, 0) is 53.4 Å². The minimum atomic E-state index is -0.672. The molecule has 0 spiro atoms. The first kappa shape index (κ1) is 18.5. The maximum atomic E-state index is 12.8. The van der Waals surface area contributed by atoms with Crippen molar-refractivity contribution in [1.82, 2.24) is 20.0 Å². The molecule has 2 aromatic carbocycles. The highest BCUT2D eigenvalue weighted by molar-refractivity contribution is 5.97. The molecule has 0 bridgehead atoms. The second-order valence-corrected chi connectivity index (χ2v) is 6.60. The summed E-state index contributed by atoms with van der Waals surface area (Å²) in [7, 11) is 0. The Kier molecular flexibility index (Phi) is 5.13. The van der Waals surface area contributed by atoms with E-state index in [2.05, 4.69) is 16.0 Å². The van der Waals surface area contributed by atoms with Crippen molar-refractivity contribution in [2.75, 3.05) is 0 Å². The number of benzene rings is 2. The van der Waals surface area contributed by atoms with Crippen molar-refractivity contribution in [2.45, 2.75) is 13.0 Å². The lowest BCUT2D eigenvalue weighted by Gasteiger charge is -2.09. The van der Waals surface area contributed by atoms with Crippen LogP contribution in [-0.2, 0) is 13.0 Å². The van der Waals surface area contributed by atoms with Gasteiger partial charge in [-0.15, -0.1) is 0 Å². The number of hydroxylamine groups is 1. The highest BCUT2D eigenvalue weighted by Crippen LogP contribution is 2.20. The van der Waals surface area contributed by atoms with Crippen LogP contribution in [0.5, 0.6) is 0 Å². The summed E-state index contributed by atoms with van der Waals surface area (Å²) in [4.78, 5) is 32.8. The SMILES string of the molecule is O=C(NO)c1ccc2ncn(CCc3cccc(-c4ccncc4)c3)c(=O)c2c1. The lowest BCUT2D eigenvalue weighted by atomic mass is 10.0. The van der Waals surface area contributed by atoms with E-state index in [1.165, 1.54) is 23.0 Å². The molecule has 0 saturated heterocycles. The Morgan fingerprint density at radius 1 is 1.03 bits per heavy atom. The summed E-state index contributed by atoms with van der Waals surface area (Å²) in [6, 6.07) is 16.6. The van der Waals surface area contributed by atoms with Crippen LogP contribution < -0.4 is 11.0 Å². The minimum Gasteiger partial charge on any atom is -0.298 e. The number of fused-ring (bicyclic) bond motifs is 1. The molecular formula is C22H18N4O3. The molecule has 0 unspecified atom stereocenters. The fraction of sp³-hybridized carbons (Fsp3) is 0.0909. The van der Waals surface area contributed by atoms with E-state index in [0.717, 1.165) is 16.7 Å².